The molecule has 0 amide bonds. The summed E-state index contributed by atoms with van der Waals surface area (Å²) in [5.74, 6) is 0.661. The molecule has 0 N–H and O–H groups in total. The van der Waals surface area contributed by atoms with Crippen molar-refractivity contribution in [3.63, 3.8) is 0 Å². The molecule has 5 rings (SSSR count). The molecule has 0 bridgehead atoms. The lowest BCUT2D eigenvalue weighted by Crippen LogP contribution is -2.39. The van der Waals surface area contributed by atoms with Gasteiger partial charge in [0.15, 0.2) is 16.3 Å². The number of hydrogen-bond donors (Lipinski definition) is 0. The highest BCUT2D eigenvalue weighted by Crippen LogP contribution is 2.38. The van der Waals surface area contributed by atoms with E-state index in [1.54, 1.807) is 38.1 Å². The maximum atomic E-state index is 13.6. The van der Waals surface area contributed by atoms with Gasteiger partial charge in [0.05, 0.1) is 28.5 Å². The lowest BCUT2D eigenvalue weighted by atomic mass is 9.95. The van der Waals surface area contributed by atoms with E-state index in [2.05, 4.69) is 4.99 Å². The van der Waals surface area contributed by atoms with E-state index in [0.717, 1.165) is 5.56 Å². The first-order chi connectivity index (χ1) is 16.0. The van der Waals surface area contributed by atoms with Crippen LogP contribution in [0.1, 0.15) is 31.0 Å². The molecule has 0 radical (unpaired) electrons. The van der Waals surface area contributed by atoms with Crippen LogP contribution in [0.5, 0.6) is 11.5 Å². The number of aromatic nitrogens is 1. The van der Waals surface area contributed by atoms with Crippen LogP contribution in [0.15, 0.2) is 63.5 Å². The fourth-order valence-electron chi connectivity index (χ4n) is 3.92. The van der Waals surface area contributed by atoms with E-state index in [1.807, 2.05) is 24.3 Å². The number of thiazole rings is 1. The van der Waals surface area contributed by atoms with Crippen LogP contribution in [-0.2, 0) is 9.53 Å². The highest BCUT2D eigenvalue weighted by molar-refractivity contribution is 7.07. The molecule has 9 heteroatoms. The Morgan fingerprint density at radius 2 is 2.06 bits per heavy atom. The Morgan fingerprint density at radius 3 is 2.85 bits per heavy atom. The molecule has 33 heavy (non-hydrogen) atoms. The zero-order chi connectivity index (χ0) is 23.1. The molecule has 0 fully saturated rings. The SMILES string of the molecule is CCOC(=O)C1=C(C)N=c2s/c(=C\c3ccccc3Cl)c(=O)n2C1c1ccc2c(c1)OCO2. The van der Waals surface area contributed by atoms with Crippen molar-refractivity contribution in [3.05, 3.63) is 89.6 Å². The number of allylic oxidation sites excluding steroid dienone is 1. The molecule has 0 saturated carbocycles. The van der Waals surface area contributed by atoms with E-state index >= 15 is 0 Å². The number of ether oxygens (including phenoxy) is 3. The molecular formula is C24H19ClN2O5S. The van der Waals surface area contributed by atoms with Gasteiger partial charge < -0.3 is 14.2 Å². The van der Waals surface area contributed by atoms with Crippen LogP contribution in [0, 0.1) is 0 Å². The van der Waals surface area contributed by atoms with Gasteiger partial charge in [0.25, 0.3) is 5.56 Å². The van der Waals surface area contributed by atoms with Gasteiger partial charge in [0.2, 0.25) is 6.79 Å². The average molecular weight is 483 g/mol. The van der Waals surface area contributed by atoms with Crippen LogP contribution < -0.4 is 24.4 Å². The first-order valence-electron chi connectivity index (χ1n) is 10.3. The Balaban J connectivity index is 1.74. The molecule has 0 aliphatic carbocycles. The number of nitrogens with zero attached hydrogens (tertiary/aromatic N) is 2. The summed E-state index contributed by atoms with van der Waals surface area (Å²) in [6, 6.07) is 12.0. The largest absolute Gasteiger partial charge is 0.463 e. The summed E-state index contributed by atoms with van der Waals surface area (Å²) in [4.78, 5) is 31.6. The molecule has 2 aliphatic rings. The number of esters is 1. The molecule has 1 atom stereocenters. The van der Waals surface area contributed by atoms with Crippen molar-refractivity contribution in [3.8, 4) is 11.5 Å². The summed E-state index contributed by atoms with van der Waals surface area (Å²) in [6.45, 7) is 3.82. The number of benzene rings is 2. The van der Waals surface area contributed by atoms with Crippen molar-refractivity contribution in [2.24, 2.45) is 4.99 Å². The van der Waals surface area contributed by atoms with Gasteiger partial charge in [0, 0.05) is 5.02 Å². The van der Waals surface area contributed by atoms with Gasteiger partial charge in [-0.1, -0.05) is 47.2 Å². The average Bonchev–Trinajstić information content (AvgIpc) is 3.38. The van der Waals surface area contributed by atoms with Crippen LogP contribution in [0.3, 0.4) is 0 Å². The number of hydrogen-bond acceptors (Lipinski definition) is 7. The Labute approximate surface area is 197 Å². The highest BCUT2D eigenvalue weighted by Gasteiger charge is 2.34. The third-order valence-corrected chi connectivity index (χ3v) is 6.75. The first-order valence-corrected chi connectivity index (χ1v) is 11.5. The molecule has 0 saturated heterocycles. The fraction of sp³-hybridized carbons (Fsp3) is 0.208. The summed E-state index contributed by atoms with van der Waals surface area (Å²) in [5, 5.41) is 0.541. The molecule has 0 spiro atoms. The van der Waals surface area contributed by atoms with E-state index in [4.69, 9.17) is 25.8 Å². The second-order valence-electron chi connectivity index (χ2n) is 7.44. The molecule has 3 heterocycles. The maximum absolute atomic E-state index is 13.6. The van der Waals surface area contributed by atoms with Gasteiger partial charge in [-0.3, -0.25) is 9.36 Å². The van der Waals surface area contributed by atoms with Gasteiger partial charge >= 0.3 is 5.97 Å². The number of carbonyl (C=O) groups excluding carboxylic acids is 1. The predicted octanol–water partition coefficient (Wildman–Crippen LogP) is 3.18. The zero-order valence-electron chi connectivity index (χ0n) is 17.8. The molecule has 3 aromatic rings. The van der Waals surface area contributed by atoms with Crippen molar-refractivity contribution in [2.75, 3.05) is 13.4 Å². The summed E-state index contributed by atoms with van der Waals surface area (Å²) >= 11 is 7.55. The third-order valence-electron chi connectivity index (χ3n) is 5.42. The smallest absolute Gasteiger partial charge is 0.338 e. The van der Waals surface area contributed by atoms with Crippen molar-refractivity contribution in [1.29, 1.82) is 0 Å². The van der Waals surface area contributed by atoms with Crippen LogP contribution in [0.25, 0.3) is 6.08 Å². The second-order valence-corrected chi connectivity index (χ2v) is 8.85. The normalized spacial score (nSPS) is 17.1. The van der Waals surface area contributed by atoms with Gasteiger partial charge in [-0.15, -0.1) is 0 Å². The molecule has 1 aromatic heterocycles. The topological polar surface area (TPSA) is 79.1 Å². The second kappa shape index (κ2) is 8.53. The lowest BCUT2D eigenvalue weighted by Gasteiger charge is -2.24. The van der Waals surface area contributed by atoms with E-state index in [-0.39, 0.29) is 19.0 Å². The maximum Gasteiger partial charge on any atom is 0.338 e. The summed E-state index contributed by atoms with van der Waals surface area (Å²) in [6.07, 6.45) is 1.74. The van der Waals surface area contributed by atoms with Crippen LogP contribution in [0.4, 0.5) is 0 Å². The molecule has 1 unspecified atom stereocenters. The Bertz CT molecular complexity index is 1490. The van der Waals surface area contributed by atoms with Crippen molar-refractivity contribution < 1.29 is 19.0 Å². The number of fused-ring (bicyclic) bond motifs is 2. The van der Waals surface area contributed by atoms with Gasteiger partial charge in [-0.2, -0.15) is 0 Å². The van der Waals surface area contributed by atoms with E-state index in [1.165, 1.54) is 15.9 Å². The minimum Gasteiger partial charge on any atom is -0.463 e. The van der Waals surface area contributed by atoms with Crippen molar-refractivity contribution in [1.82, 2.24) is 4.57 Å². The molecule has 168 valence electrons. The summed E-state index contributed by atoms with van der Waals surface area (Å²) in [5.41, 5.74) is 1.97. The van der Waals surface area contributed by atoms with Crippen molar-refractivity contribution in [2.45, 2.75) is 19.9 Å². The Hall–Kier alpha value is -3.36. The quantitative estimate of drug-likeness (QED) is 0.534. The zero-order valence-corrected chi connectivity index (χ0v) is 19.4. The summed E-state index contributed by atoms with van der Waals surface area (Å²) in [7, 11) is 0. The van der Waals surface area contributed by atoms with E-state index in [0.29, 0.717) is 42.7 Å². The minimum atomic E-state index is -0.719. The number of rotatable bonds is 4. The first kappa shape index (κ1) is 21.5. The molecular weight excluding hydrogens is 464 g/mol. The molecule has 2 aliphatic heterocycles. The van der Waals surface area contributed by atoms with Crippen molar-refractivity contribution >= 4 is 35.0 Å². The van der Waals surface area contributed by atoms with Gasteiger partial charge in [-0.25, -0.2) is 9.79 Å². The predicted molar refractivity (Wildman–Crippen MR) is 124 cm³/mol. The number of halogens is 1. The van der Waals surface area contributed by atoms with Crippen LogP contribution in [0.2, 0.25) is 5.02 Å². The van der Waals surface area contributed by atoms with E-state index in [9.17, 15) is 9.59 Å². The van der Waals surface area contributed by atoms with Gasteiger partial charge in [-0.05, 0) is 49.2 Å². The molecule has 7 nitrogen and oxygen atoms in total. The Kier molecular flexibility index (Phi) is 5.55. The summed E-state index contributed by atoms with van der Waals surface area (Å²) < 4.78 is 18.3. The third kappa shape index (κ3) is 3.75. The van der Waals surface area contributed by atoms with E-state index < -0.39 is 12.0 Å². The number of carbonyl (C=O) groups is 1. The lowest BCUT2D eigenvalue weighted by molar-refractivity contribution is -0.139. The van der Waals surface area contributed by atoms with Crippen LogP contribution >= 0.6 is 22.9 Å². The minimum absolute atomic E-state index is 0.124. The monoisotopic (exact) mass is 482 g/mol. The standard InChI is InChI=1S/C24H19ClN2O5S/c1-3-30-23(29)20-13(2)26-24-27(21(20)15-8-9-17-18(10-15)32-12-31-17)22(28)19(33-24)11-14-6-4-5-7-16(14)25/h4-11,21H,3,12H2,1-2H3/b19-11-. The highest BCUT2D eigenvalue weighted by atomic mass is 35.5. The molecule has 2 aromatic carbocycles. The van der Waals surface area contributed by atoms with Crippen LogP contribution in [-0.4, -0.2) is 23.9 Å². The Morgan fingerprint density at radius 1 is 1.27 bits per heavy atom. The van der Waals surface area contributed by atoms with Gasteiger partial charge in [0.1, 0.15) is 0 Å². The fourth-order valence-corrected chi connectivity index (χ4v) is 5.15.